The molecule has 0 heterocycles. The molecule has 0 aromatic heterocycles. The zero-order valence-electron chi connectivity index (χ0n) is 78.1. The Labute approximate surface area is 825 Å². The molecule has 0 N–H and O–H groups in total. The molecule has 28 rings (SSSR count). The van der Waals surface area contributed by atoms with Crippen molar-refractivity contribution in [1.29, 1.82) is 0 Å². The highest BCUT2D eigenvalue weighted by Gasteiger charge is 2.26. The van der Waals surface area contributed by atoms with E-state index >= 15 is 0 Å². The van der Waals surface area contributed by atoms with Crippen LogP contribution in [0.5, 0.6) is 0 Å². The predicted molar refractivity (Wildman–Crippen MR) is 612 cm³/mol. The fourth-order valence-corrected chi connectivity index (χ4v) is 22.7. The number of benzene rings is 28. The van der Waals surface area contributed by atoms with Crippen LogP contribution in [0.25, 0.3) is 274 Å². The molecule has 0 saturated heterocycles. The summed E-state index contributed by atoms with van der Waals surface area (Å²) < 4.78 is 0. The van der Waals surface area contributed by atoms with E-state index in [0.717, 1.165) is 0 Å². The Morgan fingerprint density at radius 3 is 0.761 bits per heavy atom. The summed E-state index contributed by atoms with van der Waals surface area (Å²) in [5.74, 6) is 0. The van der Waals surface area contributed by atoms with Gasteiger partial charge in [0.2, 0.25) is 0 Å². The van der Waals surface area contributed by atoms with Crippen molar-refractivity contribution in [3.05, 3.63) is 558 Å². The van der Waals surface area contributed by atoms with Crippen molar-refractivity contribution in [3.8, 4) is 134 Å². The molecule has 0 saturated carbocycles. The van der Waals surface area contributed by atoms with Gasteiger partial charge in [-0.1, -0.05) is 522 Å². The summed E-state index contributed by atoms with van der Waals surface area (Å²) >= 11 is 0. The molecule has 0 nitrogen and oxygen atoms in total. The van der Waals surface area contributed by atoms with E-state index in [0.29, 0.717) is 0 Å². The van der Waals surface area contributed by atoms with Gasteiger partial charge in [0.25, 0.3) is 0 Å². The van der Waals surface area contributed by atoms with E-state index in [9.17, 15) is 0 Å². The number of hydrogen-bond acceptors (Lipinski definition) is 0. The minimum Gasteiger partial charge on any atom is -0.0622 e. The Kier molecular flexibility index (Phi) is 21.4. The second-order valence-corrected chi connectivity index (χ2v) is 37.4. The van der Waals surface area contributed by atoms with Gasteiger partial charge in [0.15, 0.2) is 0 Å². The third kappa shape index (κ3) is 15.1. The predicted octanol–water partition coefficient (Wildman–Crippen LogP) is 40.1. The van der Waals surface area contributed by atoms with Crippen LogP contribution in [-0.4, -0.2) is 0 Å². The van der Waals surface area contributed by atoms with Gasteiger partial charge < -0.3 is 0 Å². The summed E-state index contributed by atoms with van der Waals surface area (Å²) in [7, 11) is 0. The summed E-state index contributed by atoms with van der Waals surface area (Å²) in [5.41, 5.74) is 30.0. The molecule has 0 fully saturated rings. The minimum atomic E-state index is 1.22. The summed E-state index contributed by atoms with van der Waals surface area (Å²) in [6.07, 6.45) is 0. The van der Waals surface area contributed by atoms with Crippen molar-refractivity contribution in [3.63, 3.8) is 0 Å². The van der Waals surface area contributed by atoms with Crippen LogP contribution in [0.1, 0.15) is 0 Å². The highest BCUT2D eigenvalue weighted by Crippen LogP contribution is 2.53. The lowest BCUT2D eigenvalue weighted by molar-refractivity contribution is 1.60. The Bertz CT molecular complexity index is 9820. The van der Waals surface area contributed by atoms with Crippen LogP contribution in [0.3, 0.4) is 0 Å². The zero-order chi connectivity index (χ0) is 93.9. The highest BCUT2D eigenvalue weighted by molar-refractivity contribution is 6.28. The quantitative estimate of drug-likeness (QED) is 0.107. The molecule has 0 heteroatoms. The van der Waals surface area contributed by atoms with Crippen molar-refractivity contribution in [2.24, 2.45) is 0 Å². The van der Waals surface area contributed by atoms with Crippen LogP contribution in [0.2, 0.25) is 0 Å². The van der Waals surface area contributed by atoms with E-state index < -0.39 is 0 Å². The minimum absolute atomic E-state index is 1.22. The molecule has 660 valence electrons. The largest absolute Gasteiger partial charge is 0.0622 e. The first-order valence-electron chi connectivity index (χ1n) is 49.2. The van der Waals surface area contributed by atoms with Gasteiger partial charge in [0.05, 0.1) is 0 Å². The molecule has 0 radical (unpaired) electrons. The van der Waals surface area contributed by atoms with Crippen LogP contribution in [0, 0.1) is 0 Å². The Morgan fingerprint density at radius 2 is 0.296 bits per heavy atom. The summed E-state index contributed by atoms with van der Waals surface area (Å²) in [6.45, 7) is 0. The van der Waals surface area contributed by atoms with E-state index in [4.69, 9.17) is 0 Å². The molecule has 142 heavy (non-hydrogen) atoms. The average molecular weight is 1800 g/mol. The van der Waals surface area contributed by atoms with E-state index in [1.807, 2.05) is 0 Å². The summed E-state index contributed by atoms with van der Waals surface area (Å²) in [6, 6.07) is 205. The monoisotopic (exact) mass is 1800 g/mol. The van der Waals surface area contributed by atoms with E-state index in [1.54, 1.807) is 0 Å². The number of hydrogen-bond donors (Lipinski definition) is 0. The lowest BCUT2D eigenvalue weighted by Gasteiger charge is -2.21. The maximum atomic E-state index is 2.44. The van der Waals surface area contributed by atoms with E-state index in [1.165, 1.54) is 274 Å². The standard InChI is InChI=1S/C54H34.C46H30.C42H28/c1-3-15-38-32-40(26-24-35(38)12-1)41-28-29-51-52(34-41)53(42-27-25-36-13-2-4-16-39(36)33-42)48-21-9-10-22-49(48)54(51)50-31-30-47(45-19-7-8-20-46(45)50)44-23-11-17-37-14-5-6-18-43(37)44;1-2-11-31(12-3-1)37-27-28-43-44(30-37)46(38-26-21-32-13-4-5-15-36(32)29-38)42-19-9-8-18-41(42)45(43)35-24-22-34(23-25-35)40-20-10-16-33-14-6-7-17-39(33)40;1-3-14-29(15-4-1)32-26-27-39-40(28-32)42(36-25-13-19-31-18-7-8-20-34(31)36)38-24-12-11-23-37(38)41(39)35-22-10-9-21-33(35)30-16-5-2-6-17-30/h1-34H;1-30H;1-28H. The van der Waals surface area contributed by atoms with Crippen LogP contribution in [0.4, 0.5) is 0 Å². The average Bonchev–Trinajstić information content (AvgIpc) is 0.727. The maximum absolute atomic E-state index is 2.44. The maximum Gasteiger partial charge on any atom is -0.00199 e. The van der Waals surface area contributed by atoms with Gasteiger partial charge in [0.1, 0.15) is 0 Å². The first-order valence-corrected chi connectivity index (χ1v) is 49.2. The Morgan fingerprint density at radius 1 is 0.0704 bits per heavy atom. The van der Waals surface area contributed by atoms with Gasteiger partial charge in [-0.05, 0) is 310 Å². The van der Waals surface area contributed by atoms with Crippen LogP contribution in [0.15, 0.2) is 558 Å². The number of fused-ring (bicyclic) bond motifs is 13. The first kappa shape index (κ1) is 84.1. The number of rotatable bonds is 12. The topological polar surface area (TPSA) is 0 Å². The normalized spacial score (nSPS) is 11.5. The summed E-state index contributed by atoms with van der Waals surface area (Å²) in [5, 5.41) is 32.8. The summed E-state index contributed by atoms with van der Waals surface area (Å²) in [4.78, 5) is 0. The zero-order valence-corrected chi connectivity index (χ0v) is 78.1. The van der Waals surface area contributed by atoms with Crippen molar-refractivity contribution in [1.82, 2.24) is 0 Å². The van der Waals surface area contributed by atoms with Gasteiger partial charge >= 0.3 is 0 Å². The lowest BCUT2D eigenvalue weighted by Crippen LogP contribution is -1.94. The van der Waals surface area contributed by atoms with Crippen LogP contribution in [-0.2, 0) is 0 Å². The van der Waals surface area contributed by atoms with Crippen molar-refractivity contribution < 1.29 is 0 Å². The molecule has 0 spiro atoms. The molecule has 0 aliphatic rings. The van der Waals surface area contributed by atoms with Crippen molar-refractivity contribution in [2.75, 3.05) is 0 Å². The lowest BCUT2D eigenvalue weighted by atomic mass is 9.82. The third-order valence-electron chi connectivity index (χ3n) is 29.3. The Balaban J connectivity index is 0.000000110. The van der Waals surface area contributed by atoms with Crippen molar-refractivity contribution >= 4 is 140 Å². The molecule has 0 atom stereocenters. The second-order valence-electron chi connectivity index (χ2n) is 37.4. The Hall–Kier alpha value is -18.5. The van der Waals surface area contributed by atoms with Crippen LogP contribution >= 0.6 is 0 Å². The molecule has 0 aliphatic heterocycles. The van der Waals surface area contributed by atoms with Gasteiger partial charge in [-0.3, -0.25) is 0 Å². The van der Waals surface area contributed by atoms with Crippen molar-refractivity contribution in [2.45, 2.75) is 0 Å². The second kappa shape index (κ2) is 36.2. The highest BCUT2D eigenvalue weighted by atomic mass is 14.3. The molecule has 28 aromatic rings. The van der Waals surface area contributed by atoms with Gasteiger partial charge in [-0.25, -0.2) is 0 Å². The van der Waals surface area contributed by atoms with Gasteiger partial charge in [0, 0.05) is 0 Å². The molecule has 28 aromatic carbocycles. The van der Waals surface area contributed by atoms with Gasteiger partial charge in [-0.2, -0.15) is 0 Å². The molecule has 0 unspecified atom stereocenters. The molecular weight excluding hydrogens is 1710 g/mol. The molecule has 0 aliphatic carbocycles. The van der Waals surface area contributed by atoms with E-state index in [-0.39, 0.29) is 0 Å². The van der Waals surface area contributed by atoms with E-state index in [2.05, 4.69) is 558 Å². The SMILES string of the molecule is c1ccc(-c2ccc3c(-c4ccc(-c5cccc6ccccc56)cc4)c4ccccc4c(-c4ccc5ccccc5c4)c3c2)cc1.c1ccc(-c2ccc3c(-c4ccccc4-c4ccccc4)c4ccccc4c(-c4cccc5ccccc45)c3c2)cc1.c1ccc2cc(-c3ccc4c(-c5ccc(-c6cccc7ccccc67)c6ccccc56)c5ccccc5c(-c5ccc6ccccc6c5)c4c3)ccc2c1. The van der Waals surface area contributed by atoms with Gasteiger partial charge in [-0.15, -0.1) is 0 Å². The first-order chi connectivity index (χ1) is 70.5. The molecule has 0 bridgehead atoms. The third-order valence-corrected chi connectivity index (χ3v) is 29.3. The fourth-order valence-electron chi connectivity index (χ4n) is 22.7. The smallest absolute Gasteiger partial charge is 0.00199 e. The van der Waals surface area contributed by atoms with Crippen LogP contribution < -0.4 is 0 Å². The fraction of sp³-hybridized carbons (Fsp3) is 0. The molecular formula is C142H92. The molecule has 0 amide bonds.